The quantitative estimate of drug-likeness (QED) is 0.884. The third kappa shape index (κ3) is 3.33. The van der Waals surface area contributed by atoms with Crippen LogP contribution in [0.2, 0.25) is 0 Å². The van der Waals surface area contributed by atoms with Gasteiger partial charge < -0.3 is 9.73 Å². The van der Waals surface area contributed by atoms with Crippen LogP contribution in [0.4, 0.5) is 0 Å². The largest absolute Gasteiger partial charge is 0.466 e. The summed E-state index contributed by atoms with van der Waals surface area (Å²) in [6.07, 6.45) is 7.57. The molecule has 1 aliphatic rings. The first kappa shape index (κ1) is 14.0. The number of aryl methyl sites for hydroxylation is 2. The molecule has 0 bridgehead atoms. The Morgan fingerprint density at radius 1 is 1.28 bits per heavy atom. The van der Waals surface area contributed by atoms with Crippen LogP contribution in [0.15, 0.2) is 10.5 Å². The molecule has 1 aliphatic carbocycles. The molecule has 0 radical (unpaired) electrons. The van der Waals surface area contributed by atoms with Crippen molar-refractivity contribution in [1.29, 1.82) is 0 Å². The van der Waals surface area contributed by atoms with Gasteiger partial charge in [0.05, 0.1) is 0 Å². The molecule has 18 heavy (non-hydrogen) atoms. The van der Waals surface area contributed by atoms with Crippen LogP contribution in [0, 0.1) is 13.8 Å². The molecule has 0 amide bonds. The second-order valence-corrected chi connectivity index (χ2v) is 6.60. The number of rotatable bonds is 4. The van der Waals surface area contributed by atoms with Crippen LogP contribution in [0.5, 0.6) is 0 Å². The van der Waals surface area contributed by atoms with E-state index in [1.54, 1.807) is 0 Å². The molecule has 1 saturated carbocycles. The van der Waals surface area contributed by atoms with Gasteiger partial charge in [-0.1, -0.05) is 0 Å². The van der Waals surface area contributed by atoms with Crippen LogP contribution < -0.4 is 5.32 Å². The van der Waals surface area contributed by atoms with Gasteiger partial charge in [-0.25, -0.2) is 0 Å². The molecule has 1 fully saturated rings. The number of hydrogen-bond donors (Lipinski definition) is 1. The third-order valence-corrected chi connectivity index (χ3v) is 5.18. The van der Waals surface area contributed by atoms with Gasteiger partial charge in [-0.2, -0.15) is 11.8 Å². The molecule has 1 atom stereocenters. The van der Waals surface area contributed by atoms with Crippen LogP contribution in [0.25, 0.3) is 0 Å². The average molecular weight is 267 g/mol. The maximum atomic E-state index is 5.62. The van der Waals surface area contributed by atoms with Crippen molar-refractivity contribution < 1.29 is 4.42 Å². The maximum absolute atomic E-state index is 5.62. The van der Waals surface area contributed by atoms with E-state index in [2.05, 4.69) is 31.5 Å². The Bertz CT molecular complexity index is 380. The van der Waals surface area contributed by atoms with Gasteiger partial charge in [-0.3, -0.25) is 0 Å². The predicted octanol–water partition coefficient (Wildman–Crippen LogP) is 4.22. The topological polar surface area (TPSA) is 25.2 Å². The zero-order valence-electron chi connectivity index (χ0n) is 12.0. The molecule has 1 aromatic rings. The summed E-state index contributed by atoms with van der Waals surface area (Å²) in [5.41, 5.74) is 1.32. The molecule has 1 heterocycles. The smallest absolute Gasteiger partial charge is 0.105 e. The molecular formula is C15H25NOS. The highest BCUT2D eigenvalue weighted by Crippen LogP contribution is 2.29. The van der Waals surface area contributed by atoms with Crippen LogP contribution in [0.1, 0.15) is 55.7 Å². The van der Waals surface area contributed by atoms with E-state index in [-0.39, 0.29) is 0 Å². The summed E-state index contributed by atoms with van der Waals surface area (Å²) in [5.74, 6) is 2.08. The normalized spacial score (nSPS) is 26.2. The lowest BCUT2D eigenvalue weighted by atomic mass is 9.94. The Balaban J connectivity index is 1.88. The predicted molar refractivity (Wildman–Crippen MR) is 79.3 cm³/mol. The summed E-state index contributed by atoms with van der Waals surface area (Å²) >= 11 is 2.03. The third-order valence-electron chi connectivity index (χ3n) is 4.04. The first-order valence-corrected chi connectivity index (χ1v) is 8.24. The average Bonchev–Trinajstić information content (AvgIpc) is 2.69. The van der Waals surface area contributed by atoms with Crippen molar-refractivity contribution >= 4 is 11.8 Å². The molecule has 102 valence electrons. The number of hydrogen-bond acceptors (Lipinski definition) is 3. The van der Waals surface area contributed by atoms with Gasteiger partial charge in [0, 0.05) is 22.9 Å². The molecule has 0 saturated heterocycles. The van der Waals surface area contributed by atoms with Crippen molar-refractivity contribution in [2.45, 2.75) is 63.8 Å². The molecule has 2 nitrogen and oxygen atoms in total. The van der Waals surface area contributed by atoms with Gasteiger partial charge in [0.25, 0.3) is 0 Å². The van der Waals surface area contributed by atoms with Gasteiger partial charge in [0.15, 0.2) is 0 Å². The van der Waals surface area contributed by atoms with E-state index in [0.717, 1.165) is 16.8 Å². The summed E-state index contributed by atoms with van der Waals surface area (Å²) in [5, 5.41) is 4.65. The number of nitrogens with one attached hydrogen (secondary N) is 1. The zero-order chi connectivity index (χ0) is 13.1. The molecule has 2 rings (SSSR count). The van der Waals surface area contributed by atoms with Crippen LogP contribution >= 0.6 is 11.8 Å². The minimum atomic E-state index is 0.401. The highest BCUT2D eigenvalue weighted by atomic mass is 32.2. The SMILES string of the molecule is CSC1CCC(NC(C)c2cc(C)oc2C)CC1. The highest BCUT2D eigenvalue weighted by molar-refractivity contribution is 7.99. The minimum Gasteiger partial charge on any atom is -0.466 e. The molecule has 3 heteroatoms. The summed E-state index contributed by atoms with van der Waals surface area (Å²) in [4.78, 5) is 0. The maximum Gasteiger partial charge on any atom is 0.105 e. The van der Waals surface area contributed by atoms with E-state index >= 15 is 0 Å². The first-order chi connectivity index (χ1) is 8.60. The van der Waals surface area contributed by atoms with Crippen LogP contribution in [0.3, 0.4) is 0 Å². The highest BCUT2D eigenvalue weighted by Gasteiger charge is 2.22. The lowest BCUT2D eigenvalue weighted by Gasteiger charge is -2.30. The molecule has 0 spiro atoms. The summed E-state index contributed by atoms with van der Waals surface area (Å²) < 4.78 is 5.62. The van der Waals surface area contributed by atoms with Gasteiger partial charge in [0.2, 0.25) is 0 Å². The molecule has 1 aromatic heterocycles. The minimum absolute atomic E-state index is 0.401. The second-order valence-electron chi connectivity index (χ2n) is 5.47. The molecule has 0 aliphatic heterocycles. The standard InChI is InChI=1S/C15H25NOS/c1-10-9-15(12(3)17-10)11(2)16-13-5-7-14(18-4)8-6-13/h9,11,13-14,16H,5-8H2,1-4H3. The Morgan fingerprint density at radius 2 is 1.94 bits per heavy atom. The second kappa shape index (κ2) is 6.16. The van der Waals surface area contributed by atoms with Crippen molar-refractivity contribution in [3.63, 3.8) is 0 Å². The fourth-order valence-corrected chi connectivity index (χ4v) is 3.73. The van der Waals surface area contributed by atoms with Crippen molar-refractivity contribution in [1.82, 2.24) is 5.32 Å². The van der Waals surface area contributed by atoms with Gasteiger partial charge >= 0.3 is 0 Å². The Labute approximate surface area is 115 Å². The fraction of sp³-hybridized carbons (Fsp3) is 0.733. The van der Waals surface area contributed by atoms with Crippen molar-refractivity contribution in [2.24, 2.45) is 0 Å². The summed E-state index contributed by atoms with van der Waals surface area (Å²) in [7, 11) is 0. The van der Waals surface area contributed by atoms with E-state index in [1.165, 1.54) is 31.2 Å². The number of furan rings is 1. The summed E-state index contributed by atoms with van der Waals surface area (Å²) in [6, 6.07) is 3.25. The summed E-state index contributed by atoms with van der Waals surface area (Å²) in [6.45, 7) is 6.33. The Hall–Kier alpha value is -0.410. The van der Waals surface area contributed by atoms with E-state index in [0.29, 0.717) is 12.1 Å². The lowest BCUT2D eigenvalue weighted by molar-refractivity contribution is 0.350. The first-order valence-electron chi connectivity index (χ1n) is 6.96. The van der Waals surface area contributed by atoms with E-state index in [9.17, 15) is 0 Å². The molecular weight excluding hydrogens is 242 g/mol. The van der Waals surface area contributed by atoms with Crippen molar-refractivity contribution in [3.05, 3.63) is 23.2 Å². The fourth-order valence-electron chi connectivity index (χ4n) is 2.99. The Morgan fingerprint density at radius 3 is 2.44 bits per heavy atom. The van der Waals surface area contributed by atoms with Gasteiger partial charge in [0.1, 0.15) is 11.5 Å². The van der Waals surface area contributed by atoms with Crippen LogP contribution in [-0.2, 0) is 0 Å². The Kier molecular flexibility index (Phi) is 4.79. The monoisotopic (exact) mass is 267 g/mol. The van der Waals surface area contributed by atoms with Crippen molar-refractivity contribution in [2.75, 3.05) is 6.26 Å². The molecule has 1 unspecified atom stereocenters. The zero-order valence-corrected chi connectivity index (χ0v) is 12.8. The molecule has 0 aromatic carbocycles. The van der Waals surface area contributed by atoms with E-state index in [1.807, 2.05) is 18.7 Å². The van der Waals surface area contributed by atoms with Gasteiger partial charge in [-0.15, -0.1) is 0 Å². The van der Waals surface area contributed by atoms with Crippen LogP contribution in [-0.4, -0.2) is 17.5 Å². The van der Waals surface area contributed by atoms with E-state index in [4.69, 9.17) is 4.42 Å². The van der Waals surface area contributed by atoms with Crippen molar-refractivity contribution in [3.8, 4) is 0 Å². The van der Waals surface area contributed by atoms with E-state index < -0.39 is 0 Å². The van der Waals surface area contributed by atoms with Gasteiger partial charge in [-0.05, 0) is 58.8 Å². The molecule has 1 N–H and O–H groups in total. The number of thioether (sulfide) groups is 1. The lowest BCUT2D eigenvalue weighted by Crippen LogP contribution is -2.35.